The minimum atomic E-state index is -4.49. The Labute approximate surface area is 113 Å². The van der Waals surface area contributed by atoms with Crippen LogP contribution in [0, 0.1) is 6.92 Å². The van der Waals surface area contributed by atoms with Gasteiger partial charge in [-0.15, -0.1) is 0 Å². The van der Waals surface area contributed by atoms with Gasteiger partial charge >= 0.3 is 6.18 Å². The summed E-state index contributed by atoms with van der Waals surface area (Å²) in [6.45, 7) is 2.97. The quantitative estimate of drug-likeness (QED) is 0.920. The molecule has 0 aliphatic carbocycles. The molecular weight excluding hydrogens is 271 g/mol. The molecule has 2 aromatic rings. The third-order valence-electron chi connectivity index (χ3n) is 2.58. The SMILES string of the molecule is CC(=O)Nc1cc(-n2cnc(C)c2)cc(C(F)(F)F)c1. The molecule has 1 amide bonds. The fourth-order valence-corrected chi connectivity index (χ4v) is 1.76. The van der Waals surface area contributed by atoms with Gasteiger partial charge in [-0.25, -0.2) is 4.98 Å². The fourth-order valence-electron chi connectivity index (χ4n) is 1.76. The van der Waals surface area contributed by atoms with Crippen molar-refractivity contribution in [2.45, 2.75) is 20.0 Å². The Kier molecular flexibility index (Phi) is 3.52. The molecule has 2 rings (SSSR count). The second-order valence-corrected chi connectivity index (χ2v) is 4.37. The van der Waals surface area contributed by atoms with Crippen molar-refractivity contribution in [2.24, 2.45) is 0 Å². The van der Waals surface area contributed by atoms with Gasteiger partial charge in [0, 0.05) is 24.5 Å². The van der Waals surface area contributed by atoms with Crippen LogP contribution in [0.1, 0.15) is 18.2 Å². The van der Waals surface area contributed by atoms with Gasteiger partial charge in [0.05, 0.1) is 17.6 Å². The first kappa shape index (κ1) is 14.1. The molecule has 0 unspecified atom stereocenters. The summed E-state index contributed by atoms with van der Waals surface area (Å²) in [7, 11) is 0. The van der Waals surface area contributed by atoms with Crippen molar-refractivity contribution >= 4 is 11.6 Å². The summed E-state index contributed by atoms with van der Waals surface area (Å²) in [6.07, 6.45) is -1.46. The van der Waals surface area contributed by atoms with E-state index in [-0.39, 0.29) is 11.4 Å². The largest absolute Gasteiger partial charge is 0.416 e. The van der Waals surface area contributed by atoms with Gasteiger partial charge in [-0.2, -0.15) is 13.2 Å². The summed E-state index contributed by atoms with van der Waals surface area (Å²) >= 11 is 0. The molecule has 0 bridgehead atoms. The normalized spacial score (nSPS) is 11.4. The van der Waals surface area contributed by atoms with E-state index in [1.54, 1.807) is 13.1 Å². The number of halogens is 3. The second-order valence-electron chi connectivity index (χ2n) is 4.37. The van der Waals surface area contributed by atoms with Crippen LogP contribution in [0.4, 0.5) is 18.9 Å². The van der Waals surface area contributed by atoms with E-state index < -0.39 is 17.6 Å². The van der Waals surface area contributed by atoms with Crippen molar-refractivity contribution in [2.75, 3.05) is 5.32 Å². The van der Waals surface area contributed by atoms with Crippen LogP contribution in [0.25, 0.3) is 5.69 Å². The van der Waals surface area contributed by atoms with Gasteiger partial charge in [0.1, 0.15) is 0 Å². The zero-order chi connectivity index (χ0) is 14.9. The number of benzene rings is 1. The van der Waals surface area contributed by atoms with Gasteiger partial charge in [-0.1, -0.05) is 0 Å². The van der Waals surface area contributed by atoms with Crippen LogP contribution in [0.5, 0.6) is 0 Å². The smallest absolute Gasteiger partial charge is 0.326 e. The standard InChI is InChI=1S/C13H12F3N3O/c1-8-6-19(7-17-8)12-4-10(13(14,15)16)3-11(5-12)18-9(2)20/h3-7H,1-2H3,(H,18,20). The van der Waals surface area contributed by atoms with E-state index in [0.717, 1.165) is 12.1 Å². The summed E-state index contributed by atoms with van der Waals surface area (Å²) in [6, 6.07) is 3.36. The molecule has 7 heteroatoms. The van der Waals surface area contributed by atoms with Crippen molar-refractivity contribution in [3.05, 3.63) is 42.0 Å². The first-order valence-electron chi connectivity index (χ1n) is 5.76. The van der Waals surface area contributed by atoms with Crippen LogP contribution in [-0.4, -0.2) is 15.5 Å². The van der Waals surface area contributed by atoms with Crippen molar-refractivity contribution < 1.29 is 18.0 Å². The zero-order valence-corrected chi connectivity index (χ0v) is 10.8. The number of aromatic nitrogens is 2. The van der Waals surface area contributed by atoms with Gasteiger partial charge in [-0.3, -0.25) is 4.79 Å². The molecule has 0 radical (unpaired) electrons. The molecule has 0 aliphatic rings. The number of imidazole rings is 1. The number of hydrogen-bond acceptors (Lipinski definition) is 2. The lowest BCUT2D eigenvalue weighted by Gasteiger charge is -2.13. The van der Waals surface area contributed by atoms with Gasteiger partial charge in [0.15, 0.2) is 0 Å². The highest BCUT2D eigenvalue weighted by Crippen LogP contribution is 2.33. The number of carbonyl (C=O) groups is 1. The third-order valence-corrected chi connectivity index (χ3v) is 2.58. The zero-order valence-electron chi connectivity index (χ0n) is 10.8. The van der Waals surface area contributed by atoms with Crippen molar-refractivity contribution in [1.82, 2.24) is 9.55 Å². The Morgan fingerprint density at radius 1 is 1.30 bits per heavy atom. The Bertz CT molecular complexity index is 647. The second kappa shape index (κ2) is 4.99. The number of nitrogens with zero attached hydrogens (tertiary/aromatic N) is 2. The van der Waals surface area contributed by atoms with Gasteiger partial charge in [0.25, 0.3) is 0 Å². The Hall–Kier alpha value is -2.31. The van der Waals surface area contributed by atoms with E-state index in [4.69, 9.17) is 0 Å². The summed E-state index contributed by atoms with van der Waals surface area (Å²) in [5, 5.41) is 2.36. The minimum absolute atomic E-state index is 0.0914. The number of rotatable bonds is 2. The Morgan fingerprint density at radius 3 is 2.50 bits per heavy atom. The maximum atomic E-state index is 12.9. The van der Waals surface area contributed by atoms with Crippen LogP contribution >= 0.6 is 0 Å². The number of anilines is 1. The molecule has 1 N–H and O–H groups in total. The maximum Gasteiger partial charge on any atom is 0.416 e. The van der Waals surface area contributed by atoms with Crippen LogP contribution in [-0.2, 0) is 11.0 Å². The minimum Gasteiger partial charge on any atom is -0.326 e. The topological polar surface area (TPSA) is 46.9 Å². The highest BCUT2D eigenvalue weighted by Gasteiger charge is 2.31. The van der Waals surface area contributed by atoms with E-state index >= 15 is 0 Å². The lowest BCUT2D eigenvalue weighted by molar-refractivity contribution is -0.137. The molecule has 0 fully saturated rings. The number of hydrogen-bond donors (Lipinski definition) is 1. The average molecular weight is 283 g/mol. The van der Waals surface area contributed by atoms with Crippen molar-refractivity contribution in [3.8, 4) is 5.69 Å². The molecular formula is C13H12F3N3O. The molecule has 0 atom stereocenters. The van der Waals surface area contributed by atoms with Crippen LogP contribution < -0.4 is 5.32 Å². The molecule has 106 valence electrons. The highest BCUT2D eigenvalue weighted by atomic mass is 19.4. The summed E-state index contributed by atoms with van der Waals surface area (Å²) in [5.74, 6) is -0.433. The first-order valence-corrected chi connectivity index (χ1v) is 5.76. The van der Waals surface area contributed by atoms with Gasteiger partial charge in [-0.05, 0) is 25.1 Å². The predicted octanol–water partition coefficient (Wildman–Crippen LogP) is 3.16. The molecule has 20 heavy (non-hydrogen) atoms. The number of amides is 1. The van der Waals surface area contributed by atoms with E-state index in [0.29, 0.717) is 5.69 Å². The van der Waals surface area contributed by atoms with Gasteiger partial charge < -0.3 is 9.88 Å². The monoisotopic (exact) mass is 283 g/mol. The Morgan fingerprint density at radius 2 is 2.00 bits per heavy atom. The third kappa shape index (κ3) is 3.17. The van der Waals surface area contributed by atoms with E-state index in [2.05, 4.69) is 10.3 Å². The number of carbonyl (C=O) groups excluding carboxylic acids is 1. The molecule has 4 nitrogen and oxygen atoms in total. The highest BCUT2D eigenvalue weighted by molar-refractivity contribution is 5.89. The van der Waals surface area contributed by atoms with Crippen molar-refractivity contribution in [1.29, 1.82) is 0 Å². The summed E-state index contributed by atoms with van der Waals surface area (Å²) in [4.78, 5) is 15.0. The maximum absolute atomic E-state index is 12.9. The summed E-state index contributed by atoms with van der Waals surface area (Å²) < 4.78 is 40.1. The predicted molar refractivity (Wildman–Crippen MR) is 67.6 cm³/mol. The number of aryl methyl sites for hydroxylation is 1. The fraction of sp³-hybridized carbons (Fsp3) is 0.231. The first-order chi connectivity index (χ1) is 9.25. The van der Waals surface area contributed by atoms with Gasteiger partial charge in [0.2, 0.25) is 5.91 Å². The van der Waals surface area contributed by atoms with E-state index in [1.807, 2.05) is 0 Å². The Balaban J connectivity index is 2.53. The lowest BCUT2D eigenvalue weighted by Crippen LogP contribution is -2.10. The molecule has 0 aliphatic heterocycles. The average Bonchev–Trinajstić information content (AvgIpc) is 2.73. The molecule has 1 aromatic carbocycles. The molecule has 0 saturated heterocycles. The number of alkyl halides is 3. The van der Waals surface area contributed by atoms with Crippen molar-refractivity contribution in [3.63, 3.8) is 0 Å². The van der Waals surface area contributed by atoms with E-state index in [9.17, 15) is 18.0 Å². The molecule has 0 saturated carbocycles. The molecule has 0 spiro atoms. The molecule has 1 heterocycles. The summed E-state index contributed by atoms with van der Waals surface area (Å²) in [5.41, 5.74) is 0.228. The van der Waals surface area contributed by atoms with E-state index in [1.165, 1.54) is 23.9 Å². The lowest BCUT2D eigenvalue weighted by atomic mass is 10.1. The van der Waals surface area contributed by atoms with Crippen LogP contribution in [0.15, 0.2) is 30.7 Å². The van der Waals surface area contributed by atoms with Crippen LogP contribution in [0.2, 0.25) is 0 Å². The molecule has 1 aromatic heterocycles. The number of nitrogens with one attached hydrogen (secondary N) is 1. The van der Waals surface area contributed by atoms with Crippen LogP contribution in [0.3, 0.4) is 0 Å².